The van der Waals surface area contributed by atoms with Crippen molar-refractivity contribution in [1.82, 2.24) is 9.97 Å². The molecule has 0 saturated heterocycles. The summed E-state index contributed by atoms with van der Waals surface area (Å²) in [7, 11) is 0. The van der Waals surface area contributed by atoms with E-state index in [1.165, 1.54) is 0 Å². The largest absolute Gasteiger partial charge is 0.394 e. The van der Waals surface area contributed by atoms with Crippen molar-refractivity contribution in [2.24, 2.45) is 0 Å². The number of aryl methyl sites for hydroxylation is 1. The Morgan fingerprint density at radius 2 is 2.06 bits per heavy atom. The van der Waals surface area contributed by atoms with Crippen molar-refractivity contribution in [3.8, 4) is 0 Å². The molecule has 1 aromatic rings. The maximum atomic E-state index is 9.01. The van der Waals surface area contributed by atoms with Crippen LogP contribution in [-0.4, -0.2) is 46.0 Å². The minimum Gasteiger partial charge on any atom is -0.394 e. The van der Waals surface area contributed by atoms with Gasteiger partial charge in [-0.05, 0) is 13.3 Å². The highest BCUT2D eigenvalue weighted by Gasteiger charge is 2.09. The normalized spacial score (nSPS) is 10.6. The summed E-state index contributed by atoms with van der Waals surface area (Å²) >= 11 is 0. The van der Waals surface area contributed by atoms with Crippen molar-refractivity contribution in [3.63, 3.8) is 0 Å². The minimum atomic E-state index is -0.400. The van der Waals surface area contributed by atoms with E-state index in [1.807, 2.05) is 6.92 Å². The number of aliphatic hydroxyl groups excluding tert-OH is 2. The molecule has 1 rings (SSSR count). The Hall–Kier alpha value is -1.40. The number of nitrogens with one attached hydrogen (secondary N) is 2. The fraction of sp³-hybridized carbons (Fsp3) is 0.636. The van der Waals surface area contributed by atoms with Gasteiger partial charge >= 0.3 is 0 Å². The molecule has 0 fully saturated rings. The molecule has 1 heterocycles. The predicted molar refractivity (Wildman–Crippen MR) is 67.1 cm³/mol. The number of nitrogens with zero attached hydrogens (tertiary/aromatic N) is 2. The van der Waals surface area contributed by atoms with Crippen LogP contribution in [0.3, 0.4) is 0 Å². The summed E-state index contributed by atoms with van der Waals surface area (Å²) in [6.07, 6.45) is 2.70. The van der Waals surface area contributed by atoms with E-state index >= 15 is 0 Å². The van der Waals surface area contributed by atoms with E-state index in [1.54, 1.807) is 6.20 Å². The Morgan fingerprint density at radius 1 is 1.35 bits per heavy atom. The first-order chi connectivity index (χ1) is 8.21. The topological polar surface area (TPSA) is 90.3 Å². The maximum absolute atomic E-state index is 9.01. The summed E-state index contributed by atoms with van der Waals surface area (Å²) in [4.78, 5) is 8.44. The molecule has 0 bridgehead atoms. The second kappa shape index (κ2) is 7.03. The van der Waals surface area contributed by atoms with Gasteiger partial charge in [-0.15, -0.1) is 0 Å². The van der Waals surface area contributed by atoms with Gasteiger partial charge in [0.15, 0.2) is 0 Å². The van der Waals surface area contributed by atoms with Crippen molar-refractivity contribution in [3.05, 3.63) is 11.8 Å². The molecular formula is C11H20N4O2. The van der Waals surface area contributed by atoms with E-state index in [0.29, 0.717) is 11.8 Å². The average molecular weight is 240 g/mol. The molecule has 0 saturated carbocycles. The van der Waals surface area contributed by atoms with Crippen molar-refractivity contribution in [2.75, 3.05) is 30.4 Å². The van der Waals surface area contributed by atoms with Gasteiger partial charge in [-0.3, -0.25) is 0 Å². The third kappa shape index (κ3) is 4.16. The Balaban J connectivity index is 2.75. The van der Waals surface area contributed by atoms with E-state index in [9.17, 15) is 0 Å². The highest BCUT2D eigenvalue weighted by Crippen LogP contribution is 2.13. The van der Waals surface area contributed by atoms with Gasteiger partial charge in [-0.2, -0.15) is 4.98 Å². The highest BCUT2D eigenvalue weighted by atomic mass is 16.3. The summed E-state index contributed by atoms with van der Waals surface area (Å²) in [6.45, 7) is 4.47. The number of aromatic nitrogens is 2. The summed E-state index contributed by atoms with van der Waals surface area (Å²) in [6, 6.07) is -0.400. The Morgan fingerprint density at radius 3 is 2.65 bits per heavy atom. The van der Waals surface area contributed by atoms with Gasteiger partial charge < -0.3 is 20.8 Å². The molecule has 0 spiro atoms. The minimum absolute atomic E-state index is 0.141. The van der Waals surface area contributed by atoms with Gasteiger partial charge in [0.05, 0.1) is 19.3 Å². The zero-order valence-corrected chi connectivity index (χ0v) is 10.3. The quantitative estimate of drug-likeness (QED) is 0.550. The lowest BCUT2D eigenvalue weighted by Gasteiger charge is -2.16. The van der Waals surface area contributed by atoms with Crippen LogP contribution in [0.15, 0.2) is 6.20 Å². The van der Waals surface area contributed by atoms with Gasteiger partial charge in [0.25, 0.3) is 0 Å². The summed E-state index contributed by atoms with van der Waals surface area (Å²) in [5, 5.41) is 24.1. The Bertz CT molecular complexity index is 342. The van der Waals surface area contributed by atoms with Gasteiger partial charge in [0.2, 0.25) is 5.95 Å². The van der Waals surface area contributed by atoms with E-state index in [0.717, 1.165) is 18.5 Å². The summed E-state index contributed by atoms with van der Waals surface area (Å²) < 4.78 is 0. The van der Waals surface area contributed by atoms with Crippen LogP contribution >= 0.6 is 0 Å². The lowest BCUT2D eigenvalue weighted by molar-refractivity contribution is 0.203. The molecule has 0 unspecified atom stereocenters. The van der Waals surface area contributed by atoms with Crippen LogP contribution in [0.1, 0.15) is 18.9 Å². The fourth-order valence-corrected chi connectivity index (χ4v) is 1.25. The summed E-state index contributed by atoms with van der Waals surface area (Å²) in [5.41, 5.74) is 0.874. The average Bonchev–Trinajstić information content (AvgIpc) is 2.36. The molecule has 0 atom stereocenters. The van der Waals surface area contributed by atoms with E-state index in [4.69, 9.17) is 10.2 Å². The van der Waals surface area contributed by atoms with Crippen LogP contribution < -0.4 is 10.6 Å². The van der Waals surface area contributed by atoms with Crippen LogP contribution in [0, 0.1) is 6.92 Å². The lowest BCUT2D eigenvalue weighted by atomic mass is 10.3. The first-order valence-corrected chi connectivity index (χ1v) is 5.77. The third-order valence-corrected chi connectivity index (χ3v) is 2.29. The number of hydrogen-bond donors (Lipinski definition) is 4. The molecule has 17 heavy (non-hydrogen) atoms. The number of hydrogen-bond acceptors (Lipinski definition) is 6. The molecule has 4 N–H and O–H groups in total. The molecule has 0 aromatic carbocycles. The van der Waals surface area contributed by atoms with Crippen LogP contribution in [0.4, 0.5) is 11.8 Å². The van der Waals surface area contributed by atoms with Crippen LogP contribution in [0.25, 0.3) is 0 Å². The molecule has 1 aromatic heterocycles. The molecule has 0 aliphatic rings. The first-order valence-electron chi connectivity index (χ1n) is 5.77. The van der Waals surface area contributed by atoms with Crippen molar-refractivity contribution >= 4 is 11.8 Å². The third-order valence-electron chi connectivity index (χ3n) is 2.29. The molecule has 6 heteroatoms. The zero-order valence-electron chi connectivity index (χ0n) is 10.3. The molecule has 0 aliphatic carbocycles. The number of rotatable bonds is 7. The van der Waals surface area contributed by atoms with Gasteiger partial charge in [-0.1, -0.05) is 6.92 Å². The van der Waals surface area contributed by atoms with Crippen molar-refractivity contribution in [1.29, 1.82) is 0 Å². The highest BCUT2D eigenvalue weighted by molar-refractivity contribution is 5.47. The zero-order chi connectivity index (χ0) is 12.7. The maximum Gasteiger partial charge on any atom is 0.224 e. The van der Waals surface area contributed by atoms with Crippen molar-refractivity contribution in [2.45, 2.75) is 26.3 Å². The van der Waals surface area contributed by atoms with Crippen LogP contribution in [0.2, 0.25) is 0 Å². The second-order valence-electron chi connectivity index (χ2n) is 3.86. The molecule has 0 amide bonds. The Labute approximate surface area is 101 Å². The monoisotopic (exact) mass is 240 g/mol. The first kappa shape index (κ1) is 13.7. The van der Waals surface area contributed by atoms with E-state index in [2.05, 4.69) is 27.5 Å². The van der Waals surface area contributed by atoms with E-state index in [-0.39, 0.29) is 13.2 Å². The fourth-order valence-electron chi connectivity index (χ4n) is 1.25. The molecule has 0 radical (unpaired) electrons. The smallest absolute Gasteiger partial charge is 0.224 e. The number of anilines is 2. The second-order valence-corrected chi connectivity index (χ2v) is 3.86. The van der Waals surface area contributed by atoms with Crippen LogP contribution in [0.5, 0.6) is 0 Å². The lowest BCUT2D eigenvalue weighted by Crippen LogP contribution is -2.28. The van der Waals surface area contributed by atoms with E-state index < -0.39 is 6.04 Å². The molecule has 96 valence electrons. The van der Waals surface area contributed by atoms with Crippen LogP contribution in [-0.2, 0) is 0 Å². The Kier molecular flexibility index (Phi) is 5.65. The van der Waals surface area contributed by atoms with Crippen molar-refractivity contribution < 1.29 is 10.2 Å². The van der Waals surface area contributed by atoms with Gasteiger partial charge in [-0.25, -0.2) is 4.98 Å². The van der Waals surface area contributed by atoms with Gasteiger partial charge in [0, 0.05) is 18.3 Å². The molecular weight excluding hydrogens is 220 g/mol. The molecule has 0 aliphatic heterocycles. The predicted octanol–water partition coefficient (Wildman–Crippen LogP) is 0.372. The number of aliphatic hydroxyl groups is 2. The van der Waals surface area contributed by atoms with Gasteiger partial charge in [0.1, 0.15) is 5.82 Å². The SMILES string of the molecule is CCCNc1ncc(C)c(NC(CO)CO)n1. The summed E-state index contributed by atoms with van der Waals surface area (Å²) in [5.74, 6) is 1.18. The molecule has 6 nitrogen and oxygen atoms in total. The standard InChI is InChI=1S/C11H20N4O2/c1-3-4-12-11-13-5-8(2)10(15-11)14-9(6-16)7-17/h5,9,16-17H,3-4,6-7H2,1-2H3,(H2,12,13,14,15).